The molecule has 0 aliphatic rings. The van der Waals surface area contributed by atoms with Crippen molar-refractivity contribution in [3.05, 3.63) is 36.0 Å². The van der Waals surface area contributed by atoms with Crippen molar-refractivity contribution in [3.63, 3.8) is 0 Å². The Kier molecular flexibility index (Phi) is 3.77. The Morgan fingerprint density at radius 3 is 3.00 bits per heavy atom. The normalized spacial score (nSPS) is 12.6. The van der Waals surface area contributed by atoms with Crippen LogP contribution >= 0.6 is 9.39 Å². The first-order chi connectivity index (χ1) is 8.26. The number of fused-ring (bicyclic) bond motifs is 1. The van der Waals surface area contributed by atoms with Gasteiger partial charge in [-0.1, -0.05) is 27.6 Å². The molecule has 17 heavy (non-hydrogen) atoms. The zero-order valence-electron chi connectivity index (χ0n) is 9.57. The molecule has 0 aliphatic heterocycles. The van der Waals surface area contributed by atoms with Gasteiger partial charge in [-0.15, -0.1) is 0 Å². The number of carbonyl (C=O) groups is 1. The molecule has 0 aliphatic carbocycles. The predicted molar refractivity (Wildman–Crippen MR) is 70.7 cm³/mol. The average Bonchev–Trinajstić information content (AvgIpc) is 2.78. The van der Waals surface area contributed by atoms with Crippen LogP contribution in [-0.4, -0.2) is 24.1 Å². The van der Waals surface area contributed by atoms with Gasteiger partial charge in [0.1, 0.15) is 6.04 Å². The van der Waals surface area contributed by atoms with Crippen molar-refractivity contribution in [1.29, 1.82) is 0 Å². The summed E-state index contributed by atoms with van der Waals surface area (Å²) in [6.45, 7) is 0. The third kappa shape index (κ3) is 2.48. The maximum Gasteiger partial charge on any atom is 0.323 e. The lowest BCUT2D eigenvalue weighted by Crippen LogP contribution is -2.33. The monoisotopic (exact) mass is 250 g/mol. The molecule has 2 aromatic rings. The number of hydrogen-bond acceptors (Lipinski definition) is 3. The van der Waals surface area contributed by atoms with Crippen LogP contribution in [0.25, 0.3) is 10.9 Å². The molecule has 2 N–H and O–H groups in total. The molecule has 1 heterocycles. The second kappa shape index (κ2) is 5.30. The van der Waals surface area contributed by atoms with Gasteiger partial charge in [-0.25, -0.2) is 0 Å². The number of aromatic amines is 1. The number of methoxy groups -OCH3 is 1. The van der Waals surface area contributed by atoms with Crippen LogP contribution in [0.5, 0.6) is 0 Å². The topological polar surface area (TPSA) is 54.1 Å². The Morgan fingerprint density at radius 2 is 2.29 bits per heavy atom. The van der Waals surface area contributed by atoms with E-state index in [1.807, 2.05) is 30.5 Å². The quantitative estimate of drug-likeness (QED) is 0.640. The third-order valence-corrected chi connectivity index (χ3v) is 3.19. The first-order valence-corrected chi connectivity index (χ1v) is 5.93. The number of esters is 1. The van der Waals surface area contributed by atoms with Gasteiger partial charge in [-0.3, -0.25) is 9.88 Å². The Bertz CT molecular complexity index is 524. The molecule has 0 fully saturated rings. The molecule has 2 unspecified atom stereocenters. The third-order valence-electron chi connectivity index (χ3n) is 2.79. The molecule has 1 aromatic heterocycles. The molecule has 0 radical (unpaired) electrons. The van der Waals surface area contributed by atoms with Crippen LogP contribution in [-0.2, 0) is 16.0 Å². The smallest absolute Gasteiger partial charge is 0.323 e. The van der Waals surface area contributed by atoms with E-state index >= 15 is 0 Å². The Hall–Kier alpha value is -1.38. The maximum absolute atomic E-state index is 11.5. The van der Waals surface area contributed by atoms with Gasteiger partial charge in [-0.05, 0) is 11.6 Å². The maximum atomic E-state index is 11.5. The summed E-state index contributed by atoms with van der Waals surface area (Å²) in [5.74, 6) is -0.259. The fraction of sp³-hybridized carbons (Fsp3) is 0.250. The molecular weight excluding hydrogens is 235 g/mol. The number of para-hydroxylation sites is 1. The Balaban J connectivity index is 2.25. The minimum Gasteiger partial charge on any atom is -0.468 e. The molecular formula is C12H15N2O2P. The van der Waals surface area contributed by atoms with Crippen LogP contribution in [0.15, 0.2) is 30.5 Å². The van der Waals surface area contributed by atoms with Crippen molar-refractivity contribution in [1.82, 2.24) is 10.1 Å². The first-order valence-electron chi connectivity index (χ1n) is 5.35. The highest BCUT2D eigenvalue weighted by Gasteiger charge is 2.18. The van der Waals surface area contributed by atoms with Gasteiger partial charge in [0.05, 0.1) is 7.11 Å². The number of nitrogens with one attached hydrogen (secondary N) is 2. The molecule has 0 amide bonds. The summed E-state index contributed by atoms with van der Waals surface area (Å²) in [5, 5.41) is 4.02. The average molecular weight is 250 g/mol. The van der Waals surface area contributed by atoms with Gasteiger partial charge in [0.15, 0.2) is 0 Å². The van der Waals surface area contributed by atoms with Crippen molar-refractivity contribution in [3.8, 4) is 0 Å². The van der Waals surface area contributed by atoms with Crippen LogP contribution in [0.4, 0.5) is 0 Å². The van der Waals surface area contributed by atoms with Crippen molar-refractivity contribution in [2.45, 2.75) is 12.5 Å². The molecule has 2 rings (SSSR count). The van der Waals surface area contributed by atoms with Crippen LogP contribution in [0.1, 0.15) is 5.56 Å². The highest BCUT2D eigenvalue weighted by atomic mass is 31.0. The van der Waals surface area contributed by atoms with Crippen molar-refractivity contribution in [2.24, 2.45) is 0 Å². The molecule has 0 spiro atoms. The van der Waals surface area contributed by atoms with Gasteiger partial charge >= 0.3 is 5.97 Å². The van der Waals surface area contributed by atoms with Crippen LogP contribution in [0, 0.1) is 0 Å². The molecule has 0 bridgehead atoms. The molecule has 1 aromatic carbocycles. The number of ether oxygens (including phenoxy) is 1. The molecule has 90 valence electrons. The van der Waals surface area contributed by atoms with E-state index in [-0.39, 0.29) is 12.0 Å². The largest absolute Gasteiger partial charge is 0.468 e. The SMILES string of the molecule is COC(=O)C(Cc1c[nH]c2ccccc12)NP. The van der Waals surface area contributed by atoms with Crippen molar-refractivity contribution < 1.29 is 9.53 Å². The van der Waals surface area contributed by atoms with E-state index in [1.165, 1.54) is 7.11 Å². The van der Waals surface area contributed by atoms with Gasteiger partial charge in [0, 0.05) is 23.5 Å². The summed E-state index contributed by atoms with van der Waals surface area (Å²) in [7, 11) is 3.75. The fourth-order valence-corrected chi connectivity index (χ4v) is 2.13. The summed E-state index contributed by atoms with van der Waals surface area (Å²) in [5.41, 5.74) is 2.18. The number of aromatic nitrogens is 1. The highest BCUT2D eigenvalue weighted by Crippen LogP contribution is 2.19. The van der Waals surface area contributed by atoms with Crippen LogP contribution in [0.2, 0.25) is 0 Å². The van der Waals surface area contributed by atoms with E-state index in [1.54, 1.807) is 0 Å². The first kappa shape index (κ1) is 12.1. The summed E-state index contributed by atoms with van der Waals surface area (Å²) in [4.78, 5) is 14.7. The van der Waals surface area contributed by atoms with E-state index in [2.05, 4.69) is 19.5 Å². The molecule has 2 atom stereocenters. The van der Waals surface area contributed by atoms with Gasteiger partial charge in [-0.2, -0.15) is 0 Å². The standard InChI is InChI=1S/C12H15N2O2P/c1-16-12(15)11(14-17)6-8-7-13-10-5-3-2-4-9(8)10/h2-5,7,11,13-14H,6,17H2,1H3. The summed E-state index contributed by atoms with van der Waals surface area (Å²) in [6.07, 6.45) is 2.53. The van der Waals surface area contributed by atoms with Gasteiger partial charge in [0.25, 0.3) is 0 Å². The minimum absolute atomic E-state index is 0.259. The number of rotatable bonds is 4. The summed E-state index contributed by atoms with van der Waals surface area (Å²) in [6, 6.07) is 7.68. The lowest BCUT2D eigenvalue weighted by atomic mass is 10.1. The molecule has 5 heteroatoms. The molecule has 0 saturated carbocycles. The number of H-pyrrole nitrogens is 1. The van der Waals surface area contributed by atoms with Crippen LogP contribution in [0.3, 0.4) is 0 Å². The second-order valence-electron chi connectivity index (χ2n) is 3.81. The van der Waals surface area contributed by atoms with E-state index in [4.69, 9.17) is 4.74 Å². The van der Waals surface area contributed by atoms with E-state index in [0.29, 0.717) is 6.42 Å². The number of benzene rings is 1. The van der Waals surface area contributed by atoms with Gasteiger partial charge in [0.2, 0.25) is 0 Å². The van der Waals surface area contributed by atoms with Crippen LogP contribution < -0.4 is 5.09 Å². The molecule has 0 saturated heterocycles. The Morgan fingerprint density at radius 1 is 1.53 bits per heavy atom. The second-order valence-corrected chi connectivity index (χ2v) is 4.14. The molecule has 4 nitrogen and oxygen atoms in total. The lowest BCUT2D eigenvalue weighted by Gasteiger charge is -2.12. The van der Waals surface area contributed by atoms with E-state index in [9.17, 15) is 4.79 Å². The number of hydrogen-bond donors (Lipinski definition) is 2. The van der Waals surface area contributed by atoms with E-state index in [0.717, 1.165) is 16.5 Å². The summed E-state index contributed by atoms with van der Waals surface area (Å²) >= 11 is 0. The highest BCUT2D eigenvalue weighted by molar-refractivity contribution is 7.13. The summed E-state index contributed by atoms with van der Waals surface area (Å²) < 4.78 is 4.74. The van der Waals surface area contributed by atoms with Gasteiger partial charge < -0.3 is 9.72 Å². The fourth-order valence-electron chi connectivity index (χ4n) is 1.87. The Labute approximate surface area is 102 Å². The van der Waals surface area contributed by atoms with Crippen molar-refractivity contribution in [2.75, 3.05) is 7.11 Å². The zero-order chi connectivity index (χ0) is 12.3. The zero-order valence-corrected chi connectivity index (χ0v) is 10.7. The number of carbonyl (C=O) groups excluding carboxylic acids is 1. The predicted octanol–water partition coefficient (Wildman–Crippen LogP) is 1.63. The van der Waals surface area contributed by atoms with Crippen molar-refractivity contribution >= 4 is 26.3 Å². The minimum atomic E-state index is -0.343. The van der Waals surface area contributed by atoms with E-state index < -0.39 is 0 Å². The lowest BCUT2D eigenvalue weighted by molar-refractivity contribution is -0.142.